The Labute approximate surface area is 288 Å². The predicted molar refractivity (Wildman–Crippen MR) is 211 cm³/mol. The first-order chi connectivity index (χ1) is 20.8. The normalized spacial score (nSPS) is 11.1. The van der Waals surface area contributed by atoms with Crippen LogP contribution in [0, 0.1) is 0 Å². The second-order valence-electron chi connectivity index (χ2n) is 11.3. The molecule has 0 fully saturated rings. The van der Waals surface area contributed by atoms with Crippen LogP contribution < -0.4 is 20.7 Å². The van der Waals surface area contributed by atoms with E-state index in [-0.39, 0.29) is 35.3 Å². The van der Waals surface area contributed by atoms with E-state index >= 15 is 0 Å². The first-order valence-electron chi connectivity index (χ1n) is 16.5. The molecular formula is C38H58NP2RhSi2+. The number of rotatable bonds is 12. The van der Waals surface area contributed by atoms with E-state index in [2.05, 4.69) is 176 Å². The molecule has 0 bridgehead atoms. The molecule has 0 aliphatic carbocycles. The van der Waals surface area contributed by atoms with Crippen molar-refractivity contribution in [2.45, 2.75) is 54.6 Å². The third kappa shape index (κ3) is 12.2. The molecule has 241 valence electrons. The molecule has 1 nitrogen and oxygen atoms in total. The van der Waals surface area contributed by atoms with E-state index in [4.69, 9.17) is 4.65 Å². The molecule has 0 N–H and O–H groups in total. The quantitative estimate of drug-likeness (QED) is 0.102. The average molecular weight is 750 g/mol. The molecule has 0 aliphatic rings. The van der Waals surface area contributed by atoms with Gasteiger partial charge in [-0.3, -0.25) is 0 Å². The van der Waals surface area contributed by atoms with Gasteiger partial charge in [0.25, 0.3) is 0 Å². The molecule has 0 saturated carbocycles. The van der Waals surface area contributed by atoms with Crippen LogP contribution in [-0.2, 0) is 19.5 Å². The van der Waals surface area contributed by atoms with Crippen LogP contribution in [0.15, 0.2) is 121 Å². The standard InChI is InChI=1S/C26H26NSi2.2C6H15P.Rh/c1-28(23-15-7-3-8-16-23,24-17-9-4-10-18-24)27-29(2,25-19-11-5-12-20-25)26-21-13-6-14-22-26;2*1-4-7(5-2)6-3;/h3-22H,1-2H3;2*4-6H2,1-3H3;/q-1;;;/p+2. The van der Waals surface area contributed by atoms with Gasteiger partial charge >= 0.3 is 0 Å². The maximum Gasteiger partial charge on any atom is 0.0543 e. The van der Waals surface area contributed by atoms with Crippen molar-refractivity contribution >= 4 is 53.1 Å². The SMILES string of the molecule is CC[PH+](CC)CC.CC[PH+](CC)CC.C[Si]([N-][Si](C)(c1ccccc1)c1ccccc1)(c1ccccc1)c1ccccc1.[Rh]. The van der Waals surface area contributed by atoms with E-state index in [0.717, 1.165) is 0 Å². The Hall–Kier alpha value is -1.24. The fourth-order valence-corrected chi connectivity index (χ4v) is 18.3. The van der Waals surface area contributed by atoms with Gasteiger partial charge in [0, 0.05) is 35.9 Å². The second kappa shape index (κ2) is 22.3. The van der Waals surface area contributed by atoms with Gasteiger partial charge in [-0.15, -0.1) is 0 Å². The van der Waals surface area contributed by atoms with E-state index in [1.54, 1.807) is 0 Å². The van der Waals surface area contributed by atoms with Crippen molar-refractivity contribution in [3.63, 3.8) is 0 Å². The zero-order valence-corrected chi connectivity index (χ0v) is 34.2. The Morgan fingerprint density at radius 2 is 0.568 bits per heavy atom. The van der Waals surface area contributed by atoms with Crippen LogP contribution in [0.25, 0.3) is 4.65 Å². The van der Waals surface area contributed by atoms with Crippen molar-refractivity contribution in [3.8, 4) is 0 Å². The minimum absolute atomic E-state index is 0. The second-order valence-corrected chi connectivity index (χ2v) is 26.1. The van der Waals surface area contributed by atoms with Gasteiger partial charge in [0.2, 0.25) is 0 Å². The fourth-order valence-electron chi connectivity index (χ4n) is 5.59. The van der Waals surface area contributed by atoms with Crippen LogP contribution in [0.1, 0.15) is 41.5 Å². The molecule has 4 aromatic carbocycles. The van der Waals surface area contributed by atoms with Crippen molar-refractivity contribution in [2.75, 3.05) is 37.0 Å². The summed E-state index contributed by atoms with van der Waals surface area (Å²) in [5.41, 5.74) is 0. The maximum absolute atomic E-state index is 5.90. The van der Waals surface area contributed by atoms with Crippen LogP contribution in [0.3, 0.4) is 0 Å². The predicted octanol–water partition coefficient (Wildman–Crippen LogP) is 8.66. The maximum atomic E-state index is 5.90. The molecule has 44 heavy (non-hydrogen) atoms. The van der Waals surface area contributed by atoms with Crippen LogP contribution in [0.5, 0.6) is 0 Å². The molecule has 0 saturated heterocycles. The van der Waals surface area contributed by atoms with Crippen molar-refractivity contribution in [3.05, 3.63) is 126 Å². The Bertz CT molecular complexity index is 1050. The summed E-state index contributed by atoms with van der Waals surface area (Å²) >= 11 is 0. The molecule has 0 aromatic heterocycles. The largest absolute Gasteiger partial charge is 0.652 e. The summed E-state index contributed by atoms with van der Waals surface area (Å²) in [7, 11) is -4.36. The van der Waals surface area contributed by atoms with Crippen molar-refractivity contribution in [1.82, 2.24) is 0 Å². The summed E-state index contributed by atoms with van der Waals surface area (Å²) in [5, 5.41) is 5.43. The van der Waals surface area contributed by atoms with Gasteiger partial charge < -0.3 is 4.65 Å². The van der Waals surface area contributed by atoms with Crippen LogP contribution in [0.2, 0.25) is 13.1 Å². The number of hydrogen-bond acceptors (Lipinski definition) is 0. The topological polar surface area (TPSA) is 14.1 Å². The zero-order valence-electron chi connectivity index (χ0n) is 28.6. The summed E-state index contributed by atoms with van der Waals surface area (Å²) in [6.07, 6.45) is 8.74. The van der Waals surface area contributed by atoms with Gasteiger partial charge in [-0.05, 0) is 57.4 Å². The summed E-state index contributed by atoms with van der Waals surface area (Å²) in [5.74, 6) is 0. The molecule has 4 aromatic rings. The Morgan fingerprint density at radius 1 is 0.386 bits per heavy atom. The van der Waals surface area contributed by atoms with Gasteiger partial charge in [-0.25, -0.2) is 0 Å². The molecule has 0 atom stereocenters. The monoisotopic (exact) mass is 749 g/mol. The van der Waals surface area contributed by atoms with Crippen molar-refractivity contribution in [2.24, 2.45) is 0 Å². The van der Waals surface area contributed by atoms with Crippen molar-refractivity contribution in [1.29, 1.82) is 0 Å². The number of hydrogen-bond donors (Lipinski definition) is 0. The van der Waals surface area contributed by atoms with E-state index in [1.165, 1.54) is 57.7 Å². The summed E-state index contributed by atoms with van der Waals surface area (Å²) in [6, 6.07) is 43.6. The minimum Gasteiger partial charge on any atom is -0.652 e. The Kier molecular flexibility index (Phi) is 20.7. The molecule has 0 unspecified atom stereocenters. The smallest absolute Gasteiger partial charge is 0.0543 e. The first-order valence-corrected chi connectivity index (χ1v) is 25.6. The molecule has 6 heteroatoms. The molecule has 1 radical (unpaired) electrons. The summed E-state index contributed by atoms with van der Waals surface area (Å²) in [4.78, 5) is 0. The van der Waals surface area contributed by atoms with E-state index in [0.29, 0.717) is 0 Å². The molecule has 0 heterocycles. The van der Waals surface area contributed by atoms with E-state index in [1.807, 2.05) is 0 Å². The first kappa shape index (κ1) is 40.8. The van der Waals surface area contributed by atoms with E-state index < -0.39 is 16.5 Å². The molecule has 0 aliphatic heterocycles. The molecular weight excluding hydrogens is 691 g/mol. The van der Waals surface area contributed by atoms with Gasteiger partial charge in [-0.2, -0.15) is 0 Å². The van der Waals surface area contributed by atoms with Crippen LogP contribution in [0.4, 0.5) is 0 Å². The van der Waals surface area contributed by atoms with Gasteiger partial charge in [-0.1, -0.05) is 155 Å². The van der Waals surface area contributed by atoms with Gasteiger partial charge in [0.05, 0.1) is 37.0 Å². The third-order valence-corrected chi connectivity index (χ3v) is 24.2. The number of nitrogens with zero attached hydrogens (tertiary/aromatic N) is 1. The molecule has 0 spiro atoms. The zero-order chi connectivity index (χ0) is 31.6. The van der Waals surface area contributed by atoms with E-state index in [9.17, 15) is 0 Å². The Morgan fingerprint density at radius 3 is 0.705 bits per heavy atom. The third-order valence-electron chi connectivity index (χ3n) is 8.79. The fraction of sp³-hybridized carbons (Fsp3) is 0.368. The minimum atomic E-state index is -2.32. The molecule has 0 amide bonds. The van der Waals surface area contributed by atoms with Crippen molar-refractivity contribution < 1.29 is 19.5 Å². The molecule has 4 rings (SSSR count). The average Bonchev–Trinajstić information content (AvgIpc) is 3.08. The van der Waals surface area contributed by atoms with Gasteiger partial charge in [0.15, 0.2) is 0 Å². The summed E-state index contributed by atoms with van der Waals surface area (Å²) in [6.45, 7) is 18.6. The van der Waals surface area contributed by atoms with Crippen LogP contribution in [-0.4, -0.2) is 53.4 Å². The number of benzene rings is 4. The Balaban J connectivity index is 0.000000541. The summed E-state index contributed by atoms with van der Waals surface area (Å²) < 4.78 is 5.90. The van der Waals surface area contributed by atoms with Crippen LogP contribution >= 0.6 is 15.8 Å². The van der Waals surface area contributed by atoms with Gasteiger partial charge in [0.1, 0.15) is 0 Å².